The lowest BCUT2D eigenvalue weighted by Gasteiger charge is -2.04. The summed E-state index contributed by atoms with van der Waals surface area (Å²) in [5, 5.41) is 5.29. The van der Waals surface area contributed by atoms with E-state index in [4.69, 9.17) is 4.74 Å². The van der Waals surface area contributed by atoms with Gasteiger partial charge in [-0.15, -0.1) is 22.7 Å². The van der Waals surface area contributed by atoms with Crippen molar-refractivity contribution in [2.75, 3.05) is 12.4 Å². The number of amides is 1. The maximum Gasteiger partial charge on any atom is 0.350 e. The summed E-state index contributed by atoms with van der Waals surface area (Å²) in [6, 6.07) is 11.4. The van der Waals surface area contributed by atoms with Gasteiger partial charge < -0.3 is 10.1 Å². The van der Waals surface area contributed by atoms with E-state index in [2.05, 4.69) is 10.3 Å². The highest BCUT2D eigenvalue weighted by molar-refractivity contribution is 7.17. The summed E-state index contributed by atoms with van der Waals surface area (Å²) in [5.74, 6) is -0.748. The number of aryl methyl sites for hydroxylation is 1. The fraction of sp³-hybridized carbons (Fsp3) is 0.118. The fourth-order valence-electron chi connectivity index (χ4n) is 2.15. The zero-order chi connectivity index (χ0) is 17.1. The van der Waals surface area contributed by atoms with Gasteiger partial charge in [-0.2, -0.15) is 0 Å². The summed E-state index contributed by atoms with van der Waals surface area (Å²) < 4.78 is 4.72. The molecule has 2 heterocycles. The maximum atomic E-state index is 12.6. The lowest BCUT2D eigenvalue weighted by Crippen LogP contribution is -2.13. The first-order valence-corrected chi connectivity index (χ1v) is 8.79. The Bertz CT molecular complexity index is 884. The van der Waals surface area contributed by atoms with Crippen molar-refractivity contribution in [2.24, 2.45) is 0 Å². The Hall–Kier alpha value is -2.51. The number of aromatic nitrogens is 1. The van der Waals surface area contributed by atoms with Gasteiger partial charge in [0.2, 0.25) is 0 Å². The SMILES string of the molecule is COC(=O)c1sccc1NC(=O)c1sc(-c2ccccc2)nc1C. The summed E-state index contributed by atoms with van der Waals surface area (Å²) in [7, 11) is 1.31. The molecular weight excluding hydrogens is 344 g/mol. The van der Waals surface area contributed by atoms with E-state index in [1.54, 1.807) is 18.4 Å². The summed E-state index contributed by atoms with van der Waals surface area (Å²) in [4.78, 5) is 29.6. The molecule has 0 atom stereocenters. The van der Waals surface area contributed by atoms with Crippen LogP contribution in [0.5, 0.6) is 0 Å². The van der Waals surface area contributed by atoms with E-state index in [9.17, 15) is 9.59 Å². The Morgan fingerprint density at radius 2 is 1.88 bits per heavy atom. The predicted molar refractivity (Wildman–Crippen MR) is 95.9 cm³/mol. The van der Waals surface area contributed by atoms with Gasteiger partial charge in [-0.1, -0.05) is 30.3 Å². The number of anilines is 1. The zero-order valence-electron chi connectivity index (χ0n) is 13.0. The molecule has 1 amide bonds. The predicted octanol–water partition coefficient (Wildman–Crippen LogP) is 4.22. The van der Waals surface area contributed by atoms with Crippen LogP contribution in [0.1, 0.15) is 25.0 Å². The number of nitrogens with one attached hydrogen (secondary N) is 1. The lowest BCUT2D eigenvalue weighted by atomic mass is 10.2. The third kappa shape index (κ3) is 3.22. The van der Waals surface area contributed by atoms with Crippen molar-refractivity contribution in [3.05, 3.63) is 57.2 Å². The molecule has 5 nitrogen and oxygen atoms in total. The van der Waals surface area contributed by atoms with Crippen molar-refractivity contribution >= 4 is 40.2 Å². The van der Waals surface area contributed by atoms with Gasteiger partial charge in [-0.25, -0.2) is 9.78 Å². The molecule has 0 fully saturated rings. The molecule has 0 aliphatic heterocycles. The van der Waals surface area contributed by atoms with E-state index >= 15 is 0 Å². The Labute approximate surface area is 146 Å². The number of carbonyl (C=O) groups excluding carboxylic acids is 2. The number of thiophene rings is 1. The molecule has 1 N–H and O–H groups in total. The van der Waals surface area contributed by atoms with Crippen molar-refractivity contribution in [3.63, 3.8) is 0 Å². The Balaban J connectivity index is 1.85. The first kappa shape index (κ1) is 16.4. The van der Waals surface area contributed by atoms with E-state index < -0.39 is 5.97 Å². The zero-order valence-corrected chi connectivity index (χ0v) is 14.7. The first-order valence-electron chi connectivity index (χ1n) is 7.10. The third-order valence-electron chi connectivity index (χ3n) is 3.31. The monoisotopic (exact) mass is 358 g/mol. The molecule has 122 valence electrons. The minimum Gasteiger partial charge on any atom is -0.465 e. The second kappa shape index (κ2) is 6.94. The average Bonchev–Trinajstić information content (AvgIpc) is 3.21. The number of ether oxygens (including phenoxy) is 1. The van der Waals surface area contributed by atoms with Gasteiger partial charge in [-0.3, -0.25) is 4.79 Å². The molecule has 0 saturated heterocycles. The highest BCUT2D eigenvalue weighted by Gasteiger charge is 2.20. The molecule has 3 aromatic rings. The molecule has 3 rings (SSSR count). The number of carbonyl (C=O) groups is 2. The molecule has 1 aromatic carbocycles. The lowest BCUT2D eigenvalue weighted by molar-refractivity contribution is 0.0607. The Morgan fingerprint density at radius 1 is 1.12 bits per heavy atom. The van der Waals surface area contributed by atoms with Crippen molar-refractivity contribution in [3.8, 4) is 10.6 Å². The smallest absolute Gasteiger partial charge is 0.350 e. The molecule has 0 aliphatic carbocycles. The number of benzene rings is 1. The van der Waals surface area contributed by atoms with Gasteiger partial charge in [0.1, 0.15) is 14.8 Å². The molecule has 24 heavy (non-hydrogen) atoms. The van der Waals surface area contributed by atoms with Crippen molar-refractivity contribution < 1.29 is 14.3 Å². The summed E-state index contributed by atoms with van der Waals surface area (Å²) >= 11 is 2.55. The molecule has 0 aliphatic rings. The van der Waals surface area contributed by atoms with Crippen LogP contribution >= 0.6 is 22.7 Å². The first-order chi connectivity index (χ1) is 11.6. The van der Waals surface area contributed by atoms with Gasteiger partial charge in [-0.05, 0) is 18.4 Å². The van der Waals surface area contributed by atoms with Gasteiger partial charge >= 0.3 is 5.97 Å². The molecule has 2 aromatic heterocycles. The van der Waals surface area contributed by atoms with Crippen LogP contribution in [0.2, 0.25) is 0 Å². The normalized spacial score (nSPS) is 10.4. The minimum absolute atomic E-state index is 0.282. The largest absolute Gasteiger partial charge is 0.465 e. The maximum absolute atomic E-state index is 12.6. The summed E-state index contributed by atoms with van der Waals surface area (Å²) in [6.45, 7) is 1.80. The van der Waals surface area contributed by atoms with Crippen LogP contribution in [0.4, 0.5) is 5.69 Å². The van der Waals surface area contributed by atoms with Crippen molar-refractivity contribution in [2.45, 2.75) is 6.92 Å². The van der Waals surface area contributed by atoms with E-state index in [1.807, 2.05) is 30.3 Å². The topological polar surface area (TPSA) is 68.3 Å². The van der Waals surface area contributed by atoms with E-state index in [0.29, 0.717) is 21.1 Å². The van der Waals surface area contributed by atoms with Gasteiger partial charge in [0.15, 0.2) is 0 Å². The number of methoxy groups -OCH3 is 1. The summed E-state index contributed by atoms with van der Waals surface area (Å²) in [5.41, 5.74) is 2.08. The van der Waals surface area contributed by atoms with Crippen LogP contribution in [-0.2, 0) is 4.74 Å². The van der Waals surface area contributed by atoms with Crippen molar-refractivity contribution in [1.29, 1.82) is 0 Å². The third-order valence-corrected chi connectivity index (χ3v) is 5.41. The molecule has 7 heteroatoms. The number of hydrogen-bond acceptors (Lipinski definition) is 6. The summed E-state index contributed by atoms with van der Waals surface area (Å²) in [6.07, 6.45) is 0. The second-order valence-electron chi connectivity index (χ2n) is 4.91. The molecule has 0 saturated carbocycles. The average molecular weight is 358 g/mol. The van der Waals surface area contributed by atoms with E-state index in [-0.39, 0.29) is 5.91 Å². The molecular formula is C17H14N2O3S2. The minimum atomic E-state index is -0.466. The van der Waals surface area contributed by atoms with Crippen LogP contribution < -0.4 is 5.32 Å². The number of esters is 1. The van der Waals surface area contributed by atoms with Gasteiger partial charge in [0, 0.05) is 5.56 Å². The fourth-order valence-corrected chi connectivity index (χ4v) is 3.88. The van der Waals surface area contributed by atoms with Crippen molar-refractivity contribution in [1.82, 2.24) is 4.98 Å². The van der Waals surface area contributed by atoms with Crippen LogP contribution in [0, 0.1) is 6.92 Å². The quantitative estimate of drug-likeness (QED) is 0.709. The molecule has 0 bridgehead atoms. The van der Waals surface area contributed by atoms with E-state index in [0.717, 1.165) is 10.6 Å². The Kier molecular flexibility index (Phi) is 4.73. The Morgan fingerprint density at radius 3 is 2.58 bits per heavy atom. The number of rotatable bonds is 4. The van der Waals surface area contributed by atoms with Crippen LogP contribution in [0.15, 0.2) is 41.8 Å². The number of nitrogens with zero attached hydrogens (tertiary/aromatic N) is 1. The van der Waals surface area contributed by atoms with Crippen LogP contribution in [0.3, 0.4) is 0 Å². The van der Waals surface area contributed by atoms with Crippen LogP contribution in [-0.4, -0.2) is 24.0 Å². The second-order valence-corrected chi connectivity index (χ2v) is 6.82. The van der Waals surface area contributed by atoms with Crippen LogP contribution in [0.25, 0.3) is 10.6 Å². The van der Waals surface area contributed by atoms with Gasteiger partial charge in [0.05, 0.1) is 18.5 Å². The molecule has 0 unspecified atom stereocenters. The van der Waals surface area contributed by atoms with Gasteiger partial charge in [0.25, 0.3) is 5.91 Å². The number of hydrogen-bond donors (Lipinski definition) is 1. The molecule has 0 spiro atoms. The molecule has 0 radical (unpaired) electrons. The van der Waals surface area contributed by atoms with E-state index in [1.165, 1.54) is 29.8 Å². The highest BCUT2D eigenvalue weighted by atomic mass is 32.1. The highest BCUT2D eigenvalue weighted by Crippen LogP contribution is 2.29. The standard InChI is InChI=1S/C17H14N2O3S2/c1-10-13(24-16(18-10)11-6-4-3-5-7-11)15(20)19-12-8-9-23-14(12)17(21)22-2/h3-9H,1-2H3,(H,19,20). The number of thiazole rings is 1.